The van der Waals surface area contributed by atoms with Crippen LogP contribution >= 0.6 is 11.6 Å². The van der Waals surface area contributed by atoms with Crippen LogP contribution in [0.25, 0.3) is 0 Å². The molecule has 0 aromatic heterocycles. The molecule has 27 heavy (non-hydrogen) atoms. The largest absolute Gasteiger partial charge is 0.320 e. The second-order valence-electron chi connectivity index (χ2n) is 7.62. The van der Waals surface area contributed by atoms with Crippen molar-refractivity contribution >= 4 is 25.6 Å². The summed E-state index contributed by atoms with van der Waals surface area (Å²) < 4.78 is 6.58. The fraction of sp³-hybridized carbons (Fsp3) is 0.217. The first kappa shape index (κ1) is 19.7. The Hall–Kier alpha value is -2.07. The molecule has 140 valence electrons. The van der Waals surface area contributed by atoms with E-state index in [1.54, 1.807) is 0 Å². The van der Waals surface area contributed by atoms with Crippen molar-refractivity contribution in [3.63, 3.8) is 0 Å². The smallest absolute Gasteiger partial charge is 0.220 e. The van der Waals surface area contributed by atoms with Gasteiger partial charge in [-0.05, 0) is 61.5 Å². The molecule has 0 saturated heterocycles. The van der Waals surface area contributed by atoms with E-state index in [1.807, 2.05) is 18.2 Å². The lowest BCUT2D eigenvalue weighted by molar-refractivity contribution is 0.233. The van der Waals surface area contributed by atoms with E-state index in [9.17, 15) is 0 Å². The van der Waals surface area contributed by atoms with Gasteiger partial charge in [-0.1, -0.05) is 72.3 Å². The van der Waals surface area contributed by atoms with Gasteiger partial charge in [-0.15, -0.1) is 0 Å². The van der Waals surface area contributed by atoms with E-state index in [2.05, 4.69) is 91.4 Å². The number of hydrogen-bond acceptors (Lipinski definition) is 2. The number of hydrogen-bond donors (Lipinski definition) is 0. The number of hydroxylamine groups is 1. The second kappa shape index (κ2) is 8.74. The fourth-order valence-electron chi connectivity index (χ4n) is 3.02. The molecule has 1 atom stereocenters. The highest BCUT2D eigenvalue weighted by atomic mass is 35.5. The predicted octanol–water partition coefficient (Wildman–Crippen LogP) is 6.90. The number of nitrogens with zero attached hydrogens (tertiary/aromatic N) is 1. The van der Waals surface area contributed by atoms with Gasteiger partial charge in [0.05, 0.1) is 11.7 Å². The number of benzene rings is 3. The van der Waals surface area contributed by atoms with Crippen molar-refractivity contribution in [1.29, 1.82) is 0 Å². The van der Waals surface area contributed by atoms with Gasteiger partial charge in [0, 0.05) is 5.02 Å². The first-order valence-corrected chi connectivity index (χ1v) is 13.0. The van der Waals surface area contributed by atoms with Gasteiger partial charge in [0.15, 0.2) is 0 Å². The quantitative estimate of drug-likeness (QED) is 0.318. The molecule has 0 N–H and O–H groups in total. The molecular formula is C23H26ClNOSi. The molecule has 0 amide bonds. The summed E-state index contributed by atoms with van der Waals surface area (Å²) in [6, 6.07) is 29.1. The molecule has 0 radical (unpaired) electrons. The summed E-state index contributed by atoms with van der Waals surface area (Å²) in [6.45, 7) is 6.65. The SMILES string of the molecule is C[Si](C)(C)ON(c1ccccc1)C(Cc1ccc(Cl)cc1)c1ccccc1. The van der Waals surface area contributed by atoms with Crippen molar-refractivity contribution in [2.24, 2.45) is 0 Å². The zero-order valence-electron chi connectivity index (χ0n) is 16.1. The Labute approximate surface area is 168 Å². The summed E-state index contributed by atoms with van der Waals surface area (Å²) in [6.07, 6.45) is 0.834. The predicted molar refractivity (Wildman–Crippen MR) is 118 cm³/mol. The van der Waals surface area contributed by atoms with Crippen LogP contribution in [0.4, 0.5) is 5.69 Å². The van der Waals surface area contributed by atoms with Crippen LogP contribution in [0.5, 0.6) is 0 Å². The standard InChI is InChI=1S/C23H26ClNOSi/c1-27(2,3)26-25(22-12-8-5-9-13-22)23(20-10-6-4-7-11-20)18-19-14-16-21(24)17-15-19/h4-17,23H,18H2,1-3H3. The van der Waals surface area contributed by atoms with Crippen LogP contribution in [0.15, 0.2) is 84.9 Å². The third-order valence-corrected chi connectivity index (χ3v) is 5.19. The van der Waals surface area contributed by atoms with E-state index in [1.165, 1.54) is 11.1 Å². The highest BCUT2D eigenvalue weighted by Gasteiger charge is 2.28. The van der Waals surface area contributed by atoms with E-state index < -0.39 is 8.32 Å². The number of halogens is 1. The lowest BCUT2D eigenvalue weighted by Gasteiger charge is -2.37. The number of anilines is 1. The van der Waals surface area contributed by atoms with Gasteiger partial charge >= 0.3 is 0 Å². The molecule has 3 aromatic rings. The molecule has 4 heteroatoms. The van der Waals surface area contributed by atoms with E-state index in [-0.39, 0.29) is 6.04 Å². The van der Waals surface area contributed by atoms with Gasteiger partial charge in [-0.25, -0.2) is 0 Å². The molecular weight excluding hydrogens is 370 g/mol. The van der Waals surface area contributed by atoms with Gasteiger partial charge in [0.2, 0.25) is 8.32 Å². The number of rotatable bonds is 7. The third-order valence-electron chi connectivity index (χ3n) is 4.19. The van der Waals surface area contributed by atoms with E-state index in [4.69, 9.17) is 16.1 Å². The van der Waals surface area contributed by atoms with Gasteiger partial charge in [-0.3, -0.25) is 5.06 Å². The van der Waals surface area contributed by atoms with E-state index in [0.717, 1.165) is 17.1 Å². The summed E-state index contributed by atoms with van der Waals surface area (Å²) in [5, 5.41) is 2.86. The molecule has 0 fully saturated rings. The molecule has 0 bridgehead atoms. The summed E-state index contributed by atoms with van der Waals surface area (Å²) >= 11 is 6.08. The van der Waals surface area contributed by atoms with E-state index in [0.29, 0.717) is 0 Å². The van der Waals surface area contributed by atoms with Crippen molar-refractivity contribution in [2.75, 3.05) is 5.06 Å². The minimum absolute atomic E-state index is 0.0708. The van der Waals surface area contributed by atoms with Crippen LogP contribution in [0.3, 0.4) is 0 Å². The van der Waals surface area contributed by atoms with Crippen molar-refractivity contribution in [3.8, 4) is 0 Å². The monoisotopic (exact) mass is 395 g/mol. The van der Waals surface area contributed by atoms with Crippen LogP contribution in [-0.2, 0) is 10.9 Å². The molecule has 0 aliphatic rings. The molecule has 0 saturated carbocycles. The maximum Gasteiger partial charge on any atom is 0.220 e. The Morgan fingerprint density at radius 1 is 0.815 bits per heavy atom. The topological polar surface area (TPSA) is 12.5 Å². The Morgan fingerprint density at radius 3 is 1.93 bits per heavy atom. The first-order valence-electron chi connectivity index (χ1n) is 9.25. The van der Waals surface area contributed by atoms with Crippen LogP contribution in [-0.4, -0.2) is 8.32 Å². The van der Waals surface area contributed by atoms with Crippen molar-refractivity contribution < 1.29 is 4.53 Å². The summed E-state index contributed by atoms with van der Waals surface area (Å²) in [5.74, 6) is 0. The number of para-hydroxylation sites is 1. The Morgan fingerprint density at radius 2 is 1.37 bits per heavy atom. The Balaban J connectivity index is 2.03. The van der Waals surface area contributed by atoms with Gasteiger partial charge in [-0.2, -0.15) is 0 Å². The van der Waals surface area contributed by atoms with Crippen LogP contribution in [0.2, 0.25) is 24.7 Å². The maximum atomic E-state index is 6.58. The lowest BCUT2D eigenvalue weighted by Crippen LogP contribution is -2.40. The minimum Gasteiger partial charge on any atom is -0.320 e. The Bertz CT molecular complexity index is 832. The average molecular weight is 396 g/mol. The molecule has 0 aliphatic carbocycles. The molecule has 2 nitrogen and oxygen atoms in total. The van der Waals surface area contributed by atoms with Crippen LogP contribution in [0, 0.1) is 0 Å². The summed E-state index contributed by atoms with van der Waals surface area (Å²) in [4.78, 5) is 0. The lowest BCUT2D eigenvalue weighted by atomic mass is 9.98. The fourth-order valence-corrected chi connectivity index (χ4v) is 3.97. The van der Waals surface area contributed by atoms with Crippen molar-refractivity contribution in [2.45, 2.75) is 32.1 Å². The maximum absolute atomic E-state index is 6.58. The first-order chi connectivity index (χ1) is 12.9. The molecule has 3 aromatic carbocycles. The minimum atomic E-state index is -1.82. The summed E-state index contributed by atoms with van der Waals surface area (Å²) in [5.41, 5.74) is 3.53. The molecule has 0 aliphatic heterocycles. The van der Waals surface area contributed by atoms with Gasteiger partial charge < -0.3 is 4.53 Å². The summed E-state index contributed by atoms with van der Waals surface area (Å²) in [7, 11) is -1.82. The highest BCUT2D eigenvalue weighted by Crippen LogP contribution is 2.32. The normalized spacial score (nSPS) is 12.6. The molecule has 0 spiro atoms. The Kier molecular flexibility index (Phi) is 6.37. The van der Waals surface area contributed by atoms with Crippen LogP contribution in [0.1, 0.15) is 17.2 Å². The average Bonchev–Trinajstić information content (AvgIpc) is 2.67. The third kappa shape index (κ3) is 5.70. The van der Waals surface area contributed by atoms with Crippen LogP contribution < -0.4 is 5.06 Å². The molecule has 1 unspecified atom stereocenters. The van der Waals surface area contributed by atoms with Gasteiger partial charge in [0.25, 0.3) is 0 Å². The zero-order valence-corrected chi connectivity index (χ0v) is 17.9. The van der Waals surface area contributed by atoms with Gasteiger partial charge in [0.1, 0.15) is 0 Å². The van der Waals surface area contributed by atoms with Crippen molar-refractivity contribution in [3.05, 3.63) is 101 Å². The van der Waals surface area contributed by atoms with Crippen molar-refractivity contribution in [1.82, 2.24) is 0 Å². The highest BCUT2D eigenvalue weighted by molar-refractivity contribution is 6.69. The zero-order chi connectivity index (χ0) is 19.3. The molecule has 3 rings (SSSR count). The molecule has 0 heterocycles. The van der Waals surface area contributed by atoms with E-state index >= 15 is 0 Å². The second-order valence-corrected chi connectivity index (χ2v) is 12.5.